The van der Waals surface area contributed by atoms with Crippen LogP contribution in [-0.4, -0.2) is 13.9 Å². The molecule has 12 heavy (non-hydrogen) atoms. The van der Waals surface area contributed by atoms with Gasteiger partial charge in [-0.05, 0) is 5.56 Å². The van der Waals surface area contributed by atoms with Gasteiger partial charge in [0.05, 0.1) is 0 Å². The average molecular weight is 192 g/mol. The summed E-state index contributed by atoms with van der Waals surface area (Å²) in [5, 5.41) is 0. The molecular weight excluding hydrogens is 183 g/mol. The van der Waals surface area contributed by atoms with E-state index in [1.807, 2.05) is 0 Å². The maximum atomic E-state index is 12.0. The van der Waals surface area contributed by atoms with Gasteiger partial charge in [-0.25, -0.2) is 0 Å². The summed E-state index contributed by atoms with van der Waals surface area (Å²) in [6, 6.07) is 8.21. The molecule has 1 rings (SSSR count). The highest BCUT2D eigenvalue weighted by Crippen LogP contribution is 2.05. The van der Waals surface area contributed by atoms with E-state index in [0.717, 1.165) is 0 Å². The smallest absolute Gasteiger partial charge is 0.306 e. The molecule has 0 bridgehead atoms. The number of hydrogen-bond donors (Lipinski definition) is 0. The van der Waals surface area contributed by atoms with E-state index in [-0.39, 0.29) is 5.48 Å². The minimum absolute atomic E-state index is 0. The molecule has 1 aromatic carbocycles. The van der Waals surface area contributed by atoms with Gasteiger partial charge >= 0.3 is 10.2 Å². The lowest BCUT2D eigenvalue weighted by atomic mass is 10.2. The van der Waals surface area contributed by atoms with Gasteiger partial charge in [0.1, 0.15) is 5.75 Å². The first-order valence-corrected chi connectivity index (χ1v) is 4.59. The summed E-state index contributed by atoms with van der Waals surface area (Å²) in [7, 11) is -4.38. The van der Waals surface area contributed by atoms with E-state index >= 15 is 0 Å². The van der Waals surface area contributed by atoms with Crippen molar-refractivity contribution in [2.75, 3.05) is 0 Å². The van der Waals surface area contributed by atoms with Crippen molar-refractivity contribution in [3.8, 4) is 0 Å². The molecule has 0 saturated heterocycles. The lowest BCUT2D eigenvalue weighted by Crippen LogP contribution is -1.94. The highest BCUT2D eigenvalue weighted by molar-refractivity contribution is 7.85. The van der Waals surface area contributed by atoms with E-state index in [2.05, 4.69) is 0 Å². The number of halogens is 1. The third-order valence-electron chi connectivity index (χ3n) is 1.18. The second-order valence-electron chi connectivity index (χ2n) is 2.17. The van der Waals surface area contributed by atoms with Crippen molar-refractivity contribution in [1.29, 1.82) is 0 Å². The number of benzene rings is 1. The van der Waals surface area contributed by atoms with Crippen molar-refractivity contribution in [1.82, 2.24) is 0 Å². The van der Waals surface area contributed by atoms with E-state index in [4.69, 9.17) is 0 Å². The zero-order valence-electron chi connectivity index (χ0n) is 6.20. The summed E-state index contributed by atoms with van der Waals surface area (Å²) in [6.45, 7) is 0. The SMILES string of the molecule is O.O=S(=O)(F)Cc1ccccc1. The van der Waals surface area contributed by atoms with Crippen LogP contribution in [-0.2, 0) is 16.0 Å². The van der Waals surface area contributed by atoms with Gasteiger partial charge in [0.15, 0.2) is 0 Å². The molecule has 0 fully saturated rings. The van der Waals surface area contributed by atoms with Gasteiger partial charge in [-0.1, -0.05) is 30.3 Å². The molecular formula is C7H9FO3S. The Kier molecular flexibility index (Phi) is 3.85. The minimum Gasteiger partial charge on any atom is -0.412 e. The Balaban J connectivity index is 0.00000121. The van der Waals surface area contributed by atoms with Crippen LogP contribution in [0.15, 0.2) is 30.3 Å². The molecule has 0 amide bonds. The minimum atomic E-state index is -4.38. The van der Waals surface area contributed by atoms with Crippen molar-refractivity contribution in [2.45, 2.75) is 5.75 Å². The van der Waals surface area contributed by atoms with E-state index in [9.17, 15) is 12.3 Å². The molecule has 0 saturated carbocycles. The molecule has 0 aliphatic heterocycles. The molecule has 0 atom stereocenters. The Bertz CT molecular complexity index is 320. The van der Waals surface area contributed by atoms with Crippen LogP contribution in [0.1, 0.15) is 5.56 Å². The van der Waals surface area contributed by atoms with Gasteiger partial charge in [-0.3, -0.25) is 0 Å². The fourth-order valence-electron chi connectivity index (χ4n) is 0.773. The van der Waals surface area contributed by atoms with Gasteiger partial charge in [0.2, 0.25) is 0 Å². The molecule has 0 spiro atoms. The monoisotopic (exact) mass is 192 g/mol. The van der Waals surface area contributed by atoms with Crippen LogP contribution < -0.4 is 0 Å². The first-order valence-electron chi connectivity index (χ1n) is 3.04. The molecule has 5 heteroatoms. The van der Waals surface area contributed by atoms with Crippen LogP contribution in [0.3, 0.4) is 0 Å². The third-order valence-corrected chi connectivity index (χ3v) is 1.86. The van der Waals surface area contributed by atoms with Crippen LogP contribution in [0, 0.1) is 0 Å². The fraction of sp³-hybridized carbons (Fsp3) is 0.143. The van der Waals surface area contributed by atoms with Crippen LogP contribution in [0.2, 0.25) is 0 Å². The lowest BCUT2D eigenvalue weighted by molar-refractivity contribution is 0.551. The summed E-state index contributed by atoms with van der Waals surface area (Å²) in [5.74, 6) is -0.534. The molecule has 0 aliphatic rings. The van der Waals surface area contributed by atoms with Gasteiger partial charge in [0.25, 0.3) is 0 Å². The van der Waals surface area contributed by atoms with Crippen molar-refractivity contribution in [2.24, 2.45) is 0 Å². The second-order valence-corrected chi connectivity index (χ2v) is 3.54. The van der Waals surface area contributed by atoms with Gasteiger partial charge in [0, 0.05) is 0 Å². The topological polar surface area (TPSA) is 65.6 Å². The summed E-state index contributed by atoms with van der Waals surface area (Å²) < 4.78 is 32.3. The molecule has 3 nitrogen and oxygen atoms in total. The number of hydrogen-bond acceptors (Lipinski definition) is 2. The molecule has 0 heterocycles. The van der Waals surface area contributed by atoms with E-state index in [1.54, 1.807) is 30.3 Å². The molecule has 0 unspecified atom stereocenters. The van der Waals surface area contributed by atoms with Crippen LogP contribution in [0.4, 0.5) is 3.89 Å². The van der Waals surface area contributed by atoms with E-state index in [1.165, 1.54) is 0 Å². The van der Waals surface area contributed by atoms with Crippen LogP contribution in [0.25, 0.3) is 0 Å². The highest BCUT2D eigenvalue weighted by Gasteiger charge is 2.06. The van der Waals surface area contributed by atoms with Crippen molar-refractivity contribution < 1.29 is 17.8 Å². The normalized spacial score (nSPS) is 10.4. The Morgan fingerprint density at radius 1 is 1.17 bits per heavy atom. The molecule has 2 N–H and O–H groups in total. The second kappa shape index (κ2) is 4.18. The Hall–Kier alpha value is -0.940. The molecule has 1 aromatic rings. The zero-order valence-corrected chi connectivity index (χ0v) is 7.01. The molecule has 0 radical (unpaired) electrons. The Morgan fingerprint density at radius 3 is 2.08 bits per heavy atom. The predicted octanol–water partition coefficient (Wildman–Crippen LogP) is 0.661. The van der Waals surface area contributed by atoms with E-state index < -0.39 is 16.0 Å². The summed E-state index contributed by atoms with van der Waals surface area (Å²) in [6.07, 6.45) is 0. The average Bonchev–Trinajstić information content (AvgIpc) is 1.85. The molecule has 68 valence electrons. The van der Waals surface area contributed by atoms with Crippen molar-refractivity contribution >= 4 is 10.2 Å². The van der Waals surface area contributed by atoms with Gasteiger partial charge in [-0.2, -0.15) is 8.42 Å². The Labute approximate surface area is 70.4 Å². The largest absolute Gasteiger partial charge is 0.412 e. The maximum absolute atomic E-state index is 12.0. The predicted molar refractivity (Wildman–Crippen MR) is 43.8 cm³/mol. The summed E-state index contributed by atoms with van der Waals surface area (Å²) >= 11 is 0. The van der Waals surface area contributed by atoms with Crippen LogP contribution >= 0.6 is 0 Å². The van der Waals surface area contributed by atoms with Gasteiger partial charge in [-0.15, -0.1) is 3.89 Å². The Morgan fingerprint density at radius 2 is 1.67 bits per heavy atom. The lowest BCUT2D eigenvalue weighted by Gasteiger charge is -1.93. The summed E-state index contributed by atoms with van der Waals surface area (Å²) in [4.78, 5) is 0. The highest BCUT2D eigenvalue weighted by atomic mass is 32.3. The van der Waals surface area contributed by atoms with E-state index in [0.29, 0.717) is 5.56 Å². The number of rotatable bonds is 2. The third kappa shape index (κ3) is 4.05. The molecule has 0 aliphatic carbocycles. The standard InChI is InChI=1S/C7H7FO2S.H2O/c8-11(9,10)6-7-4-2-1-3-5-7;/h1-5H,6H2;1H2. The van der Waals surface area contributed by atoms with Crippen molar-refractivity contribution in [3.63, 3.8) is 0 Å². The van der Waals surface area contributed by atoms with Crippen LogP contribution in [0.5, 0.6) is 0 Å². The first kappa shape index (κ1) is 11.1. The quantitative estimate of drug-likeness (QED) is 0.646. The summed E-state index contributed by atoms with van der Waals surface area (Å²) in [5.41, 5.74) is 0.468. The fourth-order valence-corrected chi connectivity index (χ4v) is 1.36. The zero-order chi connectivity index (χ0) is 8.32. The van der Waals surface area contributed by atoms with Gasteiger partial charge < -0.3 is 5.48 Å². The maximum Gasteiger partial charge on any atom is 0.306 e. The first-order chi connectivity index (χ1) is 5.08. The molecule has 0 aromatic heterocycles. The van der Waals surface area contributed by atoms with Crippen molar-refractivity contribution in [3.05, 3.63) is 35.9 Å².